The van der Waals surface area contributed by atoms with Gasteiger partial charge in [-0.25, -0.2) is 0 Å². The second kappa shape index (κ2) is 8.95. The largest absolute Gasteiger partial charge is 0.383 e. The Morgan fingerprint density at radius 3 is 2.44 bits per heavy atom. The number of nitrogens with one attached hydrogen (secondary N) is 1. The quantitative estimate of drug-likeness (QED) is 0.682. The smallest absolute Gasteiger partial charge is 0.0637 e. The van der Waals surface area contributed by atoms with Gasteiger partial charge in [-0.3, -0.25) is 0 Å². The molecule has 1 rings (SSSR count). The first-order valence-corrected chi connectivity index (χ1v) is 6.85. The van der Waals surface area contributed by atoms with E-state index >= 15 is 0 Å². The van der Waals surface area contributed by atoms with Crippen molar-refractivity contribution in [3.63, 3.8) is 0 Å². The number of anilines is 1. The fourth-order valence-electron chi connectivity index (χ4n) is 1.91. The topological polar surface area (TPSA) is 24.5 Å². The van der Waals surface area contributed by atoms with Crippen molar-refractivity contribution in [1.29, 1.82) is 0 Å². The molecule has 0 aliphatic rings. The van der Waals surface area contributed by atoms with Crippen LogP contribution in [0.5, 0.6) is 0 Å². The molecule has 0 amide bonds. The summed E-state index contributed by atoms with van der Waals surface area (Å²) in [5.41, 5.74) is 2.61. The van der Waals surface area contributed by atoms with Crippen molar-refractivity contribution in [2.75, 3.05) is 38.3 Å². The second-order valence-electron chi connectivity index (χ2n) is 4.42. The maximum atomic E-state index is 5.13. The lowest BCUT2D eigenvalue weighted by atomic mass is 10.2. The van der Waals surface area contributed by atoms with Gasteiger partial charge in [-0.15, -0.1) is 0 Å². The number of nitrogens with zero attached hydrogens (tertiary/aromatic N) is 1. The van der Waals surface area contributed by atoms with Gasteiger partial charge in [0.05, 0.1) is 6.61 Å². The van der Waals surface area contributed by atoms with Crippen molar-refractivity contribution >= 4 is 5.69 Å². The van der Waals surface area contributed by atoms with E-state index in [9.17, 15) is 0 Å². The van der Waals surface area contributed by atoms with E-state index in [0.717, 1.165) is 32.8 Å². The highest BCUT2D eigenvalue weighted by atomic mass is 16.5. The molecule has 1 aromatic rings. The van der Waals surface area contributed by atoms with Gasteiger partial charge in [-0.2, -0.15) is 0 Å². The molecule has 0 saturated heterocycles. The summed E-state index contributed by atoms with van der Waals surface area (Å²) in [4.78, 5) is 2.33. The van der Waals surface area contributed by atoms with E-state index in [4.69, 9.17) is 4.74 Å². The summed E-state index contributed by atoms with van der Waals surface area (Å²) in [6, 6.07) is 8.80. The highest BCUT2D eigenvalue weighted by Crippen LogP contribution is 2.14. The van der Waals surface area contributed by atoms with E-state index in [1.54, 1.807) is 7.11 Å². The number of benzene rings is 1. The zero-order valence-corrected chi connectivity index (χ0v) is 11.9. The van der Waals surface area contributed by atoms with E-state index in [1.165, 1.54) is 17.7 Å². The molecule has 0 spiro atoms. The third kappa shape index (κ3) is 5.07. The first-order valence-electron chi connectivity index (χ1n) is 6.85. The van der Waals surface area contributed by atoms with Gasteiger partial charge in [0.15, 0.2) is 0 Å². The van der Waals surface area contributed by atoms with Gasteiger partial charge in [0.25, 0.3) is 0 Å². The van der Waals surface area contributed by atoms with Crippen LogP contribution >= 0.6 is 0 Å². The Labute approximate surface area is 111 Å². The van der Waals surface area contributed by atoms with Gasteiger partial charge in [-0.1, -0.05) is 19.1 Å². The molecule has 102 valence electrons. The lowest BCUT2D eigenvalue weighted by Gasteiger charge is -2.22. The molecule has 0 fully saturated rings. The molecule has 0 heterocycles. The van der Waals surface area contributed by atoms with Crippen LogP contribution in [0.25, 0.3) is 0 Å². The molecule has 0 radical (unpaired) electrons. The summed E-state index contributed by atoms with van der Waals surface area (Å²) < 4.78 is 5.13. The maximum absolute atomic E-state index is 5.13. The lowest BCUT2D eigenvalue weighted by Crippen LogP contribution is -2.26. The standard InChI is InChI=1S/C15H26N2O/c1-4-10-16-13-14-6-8-15(9-7-14)17(5-2)11-12-18-3/h6-9,16H,4-5,10-13H2,1-3H3. The molecule has 1 aromatic carbocycles. The molecule has 0 aliphatic heterocycles. The van der Waals surface area contributed by atoms with Crippen molar-refractivity contribution in [3.05, 3.63) is 29.8 Å². The number of hydrogen-bond donors (Lipinski definition) is 1. The highest BCUT2D eigenvalue weighted by molar-refractivity contribution is 5.47. The van der Waals surface area contributed by atoms with Crippen LogP contribution in [-0.4, -0.2) is 33.4 Å². The van der Waals surface area contributed by atoms with E-state index < -0.39 is 0 Å². The fraction of sp³-hybridized carbons (Fsp3) is 0.600. The van der Waals surface area contributed by atoms with Crippen LogP contribution in [0.2, 0.25) is 0 Å². The number of rotatable bonds is 9. The monoisotopic (exact) mass is 250 g/mol. The highest BCUT2D eigenvalue weighted by Gasteiger charge is 2.03. The molecular weight excluding hydrogens is 224 g/mol. The predicted octanol–water partition coefficient (Wildman–Crippen LogP) is 2.66. The average Bonchev–Trinajstić information content (AvgIpc) is 2.41. The Bertz CT molecular complexity index is 311. The van der Waals surface area contributed by atoms with Gasteiger partial charge in [-0.05, 0) is 37.6 Å². The van der Waals surface area contributed by atoms with Gasteiger partial charge >= 0.3 is 0 Å². The van der Waals surface area contributed by atoms with Crippen LogP contribution in [0.1, 0.15) is 25.8 Å². The number of likely N-dealkylation sites (N-methyl/N-ethyl adjacent to an activating group) is 1. The number of methoxy groups -OCH3 is 1. The summed E-state index contributed by atoms with van der Waals surface area (Å²) in [7, 11) is 1.75. The molecular formula is C15H26N2O. The van der Waals surface area contributed by atoms with Crippen LogP contribution in [0.3, 0.4) is 0 Å². The average molecular weight is 250 g/mol. The zero-order chi connectivity index (χ0) is 13.2. The van der Waals surface area contributed by atoms with E-state index in [1.807, 2.05) is 0 Å². The third-order valence-electron chi connectivity index (χ3n) is 3.00. The van der Waals surface area contributed by atoms with Gasteiger partial charge in [0, 0.05) is 32.4 Å². The Morgan fingerprint density at radius 1 is 1.17 bits per heavy atom. The molecule has 18 heavy (non-hydrogen) atoms. The maximum Gasteiger partial charge on any atom is 0.0637 e. The molecule has 0 bridgehead atoms. The SMILES string of the molecule is CCCNCc1ccc(N(CC)CCOC)cc1. The molecule has 0 unspecified atom stereocenters. The minimum atomic E-state index is 0.771. The minimum absolute atomic E-state index is 0.771. The predicted molar refractivity (Wildman–Crippen MR) is 78.2 cm³/mol. The first kappa shape index (κ1) is 15.0. The molecule has 0 aromatic heterocycles. The Hall–Kier alpha value is -1.06. The molecule has 3 nitrogen and oxygen atoms in total. The van der Waals surface area contributed by atoms with Crippen LogP contribution in [0.15, 0.2) is 24.3 Å². The van der Waals surface area contributed by atoms with Crippen LogP contribution in [0, 0.1) is 0 Å². The van der Waals surface area contributed by atoms with Gasteiger partial charge in [0.2, 0.25) is 0 Å². The summed E-state index contributed by atoms with van der Waals surface area (Å²) in [6.45, 7) is 9.12. The summed E-state index contributed by atoms with van der Waals surface area (Å²) in [5, 5.41) is 3.41. The Kier molecular flexibility index (Phi) is 7.46. The minimum Gasteiger partial charge on any atom is -0.383 e. The Morgan fingerprint density at radius 2 is 1.89 bits per heavy atom. The molecule has 0 aliphatic carbocycles. The van der Waals surface area contributed by atoms with Crippen LogP contribution in [0.4, 0.5) is 5.69 Å². The molecule has 1 N–H and O–H groups in total. The number of hydrogen-bond acceptors (Lipinski definition) is 3. The summed E-state index contributed by atoms with van der Waals surface area (Å²) in [6.07, 6.45) is 1.18. The van der Waals surface area contributed by atoms with E-state index in [0.29, 0.717) is 0 Å². The van der Waals surface area contributed by atoms with Crippen molar-refractivity contribution in [1.82, 2.24) is 5.32 Å². The third-order valence-corrected chi connectivity index (χ3v) is 3.00. The molecule has 0 saturated carbocycles. The molecule has 3 heteroatoms. The van der Waals surface area contributed by atoms with Crippen LogP contribution in [-0.2, 0) is 11.3 Å². The fourth-order valence-corrected chi connectivity index (χ4v) is 1.91. The zero-order valence-electron chi connectivity index (χ0n) is 11.9. The lowest BCUT2D eigenvalue weighted by molar-refractivity contribution is 0.205. The van der Waals surface area contributed by atoms with Crippen molar-refractivity contribution in [2.45, 2.75) is 26.8 Å². The number of ether oxygens (including phenoxy) is 1. The van der Waals surface area contributed by atoms with Crippen molar-refractivity contribution in [3.8, 4) is 0 Å². The summed E-state index contributed by atoms with van der Waals surface area (Å²) >= 11 is 0. The van der Waals surface area contributed by atoms with Crippen LogP contribution < -0.4 is 10.2 Å². The van der Waals surface area contributed by atoms with E-state index in [-0.39, 0.29) is 0 Å². The van der Waals surface area contributed by atoms with Gasteiger partial charge < -0.3 is 15.0 Å². The second-order valence-corrected chi connectivity index (χ2v) is 4.42. The van der Waals surface area contributed by atoms with Crippen molar-refractivity contribution < 1.29 is 4.74 Å². The normalized spacial score (nSPS) is 10.6. The molecule has 0 atom stereocenters. The Balaban J connectivity index is 2.51. The van der Waals surface area contributed by atoms with Crippen molar-refractivity contribution in [2.24, 2.45) is 0 Å². The summed E-state index contributed by atoms with van der Waals surface area (Å²) in [5.74, 6) is 0. The first-order chi connectivity index (χ1) is 8.81. The van der Waals surface area contributed by atoms with E-state index in [2.05, 4.69) is 48.3 Å². The van der Waals surface area contributed by atoms with Gasteiger partial charge in [0.1, 0.15) is 0 Å².